The molecule has 0 aromatic heterocycles. The Morgan fingerprint density at radius 1 is 1.12 bits per heavy atom. The minimum absolute atomic E-state index is 0.00387. The molecule has 32 heavy (non-hydrogen) atoms. The lowest BCUT2D eigenvalue weighted by molar-refractivity contribution is -0.384. The molecule has 1 aliphatic rings. The zero-order valence-electron chi connectivity index (χ0n) is 16.9. The first-order chi connectivity index (χ1) is 15.2. The number of nitrogens with one attached hydrogen (secondary N) is 1. The SMILES string of the molecule is CCOC(=O)C(NC(=O)CN1C(=O)c2ccc([N+](=O)[O-])cc2C1=O)C(O)c1ccccc1. The van der Waals surface area contributed by atoms with E-state index in [-0.39, 0.29) is 23.4 Å². The first-order valence-corrected chi connectivity index (χ1v) is 9.58. The van der Waals surface area contributed by atoms with E-state index in [1.165, 1.54) is 0 Å². The zero-order valence-corrected chi connectivity index (χ0v) is 16.9. The number of fused-ring (bicyclic) bond motifs is 1. The number of nitro groups is 1. The number of hydrogen-bond acceptors (Lipinski definition) is 8. The Morgan fingerprint density at radius 3 is 2.41 bits per heavy atom. The van der Waals surface area contributed by atoms with Crippen molar-refractivity contribution in [1.82, 2.24) is 10.2 Å². The van der Waals surface area contributed by atoms with Crippen molar-refractivity contribution in [2.24, 2.45) is 0 Å². The Labute approximate surface area is 181 Å². The molecule has 0 fully saturated rings. The molecule has 2 unspecified atom stereocenters. The van der Waals surface area contributed by atoms with E-state index >= 15 is 0 Å². The van der Waals surface area contributed by atoms with Gasteiger partial charge in [-0.25, -0.2) is 4.79 Å². The van der Waals surface area contributed by atoms with Crippen LogP contribution in [0, 0.1) is 10.1 Å². The number of carbonyl (C=O) groups excluding carboxylic acids is 4. The molecule has 11 nitrogen and oxygen atoms in total. The molecule has 2 aromatic carbocycles. The number of ether oxygens (including phenoxy) is 1. The lowest BCUT2D eigenvalue weighted by Crippen LogP contribution is -2.50. The Morgan fingerprint density at radius 2 is 1.78 bits per heavy atom. The Hall–Kier alpha value is -4.12. The van der Waals surface area contributed by atoms with Gasteiger partial charge in [-0.15, -0.1) is 0 Å². The third-order valence-corrected chi connectivity index (χ3v) is 4.78. The number of non-ortho nitro benzene ring substituents is 1. The summed E-state index contributed by atoms with van der Waals surface area (Å²) in [5.74, 6) is -3.47. The summed E-state index contributed by atoms with van der Waals surface area (Å²) in [6.45, 7) is 0.811. The van der Waals surface area contributed by atoms with Crippen molar-refractivity contribution in [3.05, 3.63) is 75.3 Å². The van der Waals surface area contributed by atoms with Crippen LogP contribution in [0.4, 0.5) is 5.69 Å². The van der Waals surface area contributed by atoms with Gasteiger partial charge in [0.25, 0.3) is 17.5 Å². The van der Waals surface area contributed by atoms with Crippen molar-refractivity contribution >= 4 is 29.4 Å². The lowest BCUT2D eigenvalue weighted by Gasteiger charge is -2.24. The highest BCUT2D eigenvalue weighted by molar-refractivity contribution is 6.22. The number of hydrogen-bond donors (Lipinski definition) is 2. The van der Waals surface area contributed by atoms with E-state index < -0.39 is 47.3 Å². The molecule has 2 N–H and O–H groups in total. The molecule has 2 atom stereocenters. The smallest absolute Gasteiger partial charge is 0.331 e. The van der Waals surface area contributed by atoms with Crippen LogP contribution in [0.2, 0.25) is 0 Å². The van der Waals surface area contributed by atoms with Gasteiger partial charge in [-0.1, -0.05) is 30.3 Å². The van der Waals surface area contributed by atoms with E-state index in [1.54, 1.807) is 37.3 Å². The van der Waals surface area contributed by atoms with E-state index in [4.69, 9.17) is 4.74 Å². The second kappa shape index (κ2) is 9.35. The molecule has 0 radical (unpaired) electrons. The fourth-order valence-corrected chi connectivity index (χ4v) is 3.24. The highest BCUT2D eigenvalue weighted by atomic mass is 16.6. The minimum atomic E-state index is -1.49. The van der Waals surface area contributed by atoms with Gasteiger partial charge < -0.3 is 15.2 Å². The van der Waals surface area contributed by atoms with Crippen LogP contribution in [0.25, 0.3) is 0 Å². The van der Waals surface area contributed by atoms with Crippen molar-refractivity contribution in [3.8, 4) is 0 Å². The summed E-state index contributed by atoms with van der Waals surface area (Å²) in [7, 11) is 0. The number of aliphatic hydroxyl groups is 1. The van der Waals surface area contributed by atoms with Gasteiger partial charge in [0.1, 0.15) is 12.6 Å². The number of rotatable bonds is 8. The van der Waals surface area contributed by atoms with Gasteiger partial charge in [0.05, 0.1) is 22.7 Å². The monoisotopic (exact) mass is 441 g/mol. The minimum Gasteiger partial charge on any atom is -0.464 e. The predicted molar refractivity (Wildman–Crippen MR) is 108 cm³/mol. The van der Waals surface area contributed by atoms with Gasteiger partial charge in [-0.05, 0) is 18.6 Å². The van der Waals surface area contributed by atoms with Crippen LogP contribution < -0.4 is 5.32 Å². The number of esters is 1. The molecule has 0 aliphatic carbocycles. The zero-order chi connectivity index (χ0) is 23.4. The van der Waals surface area contributed by atoms with Crippen LogP contribution in [-0.2, 0) is 14.3 Å². The molecule has 1 aliphatic heterocycles. The van der Waals surface area contributed by atoms with Gasteiger partial charge in [0, 0.05) is 12.1 Å². The van der Waals surface area contributed by atoms with Crippen LogP contribution >= 0.6 is 0 Å². The van der Waals surface area contributed by atoms with Crippen LogP contribution in [0.5, 0.6) is 0 Å². The van der Waals surface area contributed by atoms with Crippen LogP contribution in [0.15, 0.2) is 48.5 Å². The Balaban J connectivity index is 1.77. The third kappa shape index (κ3) is 4.47. The van der Waals surface area contributed by atoms with Crippen molar-refractivity contribution in [3.63, 3.8) is 0 Å². The summed E-state index contributed by atoms with van der Waals surface area (Å²) < 4.78 is 4.92. The molecule has 166 valence electrons. The molecule has 3 rings (SSSR count). The van der Waals surface area contributed by atoms with Gasteiger partial charge >= 0.3 is 5.97 Å². The Bertz CT molecular complexity index is 1090. The average molecular weight is 441 g/mol. The lowest BCUT2D eigenvalue weighted by atomic mass is 10.0. The molecule has 0 spiro atoms. The first-order valence-electron chi connectivity index (χ1n) is 9.58. The van der Waals surface area contributed by atoms with E-state index in [0.717, 1.165) is 18.2 Å². The van der Waals surface area contributed by atoms with E-state index in [2.05, 4.69) is 5.32 Å². The molecule has 3 amide bonds. The fraction of sp³-hybridized carbons (Fsp3) is 0.238. The number of carbonyl (C=O) groups is 4. The number of nitrogens with zero attached hydrogens (tertiary/aromatic N) is 2. The number of imide groups is 1. The second-order valence-electron chi connectivity index (χ2n) is 6.84. The van der Waals surface area contributed by atoms with Crippen LogP contribution in [0.1, 0.15) is 39.3 Å². The summed E-state index contributed by atoms with van der Waals surface area (Å²) >= 11 is 0. The Kier molecular flexibility index (Phi) is 6.59. The standard InChI is InChI=1S/C21H19N3O8/c1-2-32-21(29)17(18(26)12-6-4-3-5-7-12)22-16(25)11-23-19(27)14-9-8-13(24(30)31)10-15(14)20(23)28/h3-10,17-18,26H,2,11H2,1H3,(H,22,25). The molecular weight excluding hydrogens is 422 g/mol. The van der Waals surface area contributed by atoms with Crippen molar-refractivity contribution in [2.45, 2.75) is 19.1 Å². The molecule has 2 aromatic rings. The normalized spacial score (nSPS) is 14.5. The maximum atomic E-state index is 12.6. The first kappa shape index (κ1) is 22.6. The van der Waals surface area contributed by atoms with Crippen LogP contribution in [0.3, 0.4) is 0 Å². The number of nitro benzene ring substituents is 1. The number of amides is 3. The molecule has 0 bridgehead atoms. The highest BCUT2D eigenvalue weighted by Gasteiger charge is 2.39. The molecule has 0 saturated heterocycles. The quantitative estimate of drug-likeness (QED) is 0.266. The van der Waals surface area contributed by atoms with Crippen LogP contribution in [-0.4, -0.2) is 57.8 Å². The van der Waals surface area contributed by atoms with Gasteiger partial charge in [-0.2, -0.15) is 0 Å². The number of aliphatic hydroxyl groups excluding tert-OH is 1. The maximum Gasteiger partial charge on any atom is 0.331 e. The average Bonchev–Trinajstić information content (AvgIpc) is 3.02. The van der Waals surface area contributed by atoms with E-state index in [1.807, 2.05) is 0 Å². The van der Waals surface area contributed by atoms with E-state index in [0.29, 0.717) is 10.5 Å². The maximum absolute atomic E-state index is 12.6. The number of benzene rings is 2. The van der Waals surface area contributed by atoms with Crippen molar-refractivity contribution in [2.75, 3.05) is 13.2 Å². The largest absolute Gasteiger partial charge is 0.464 e. The van der Waals surface area contributed by atoms with E-state index in [9.17, 15) is 34.4 Å². The fourth-order valence-electron chi connectivity index (χ4n) is 3.24. The van der Waals surface area contributed by atoms with Gasteiger partial charge in [0.15, 0.2) is 6.04 Å². The summed E-state index contributed by atoms with van der Waals surface area (Å²) in [6, 6.07) is 9.81. The molecular formula is C21H19N3O8. The van der Waals surface area contributed by atoms with Gasteiger partial charge in [0.2, 0.25) is 5.91 Å². The summed E-state index contributed by atoms with van der Waals surface area (Å²) in [6.07, 6.45) is -1.44. The third-order valence-electron chi connectivity index (χ3n) is 4.78. The second-order valence-corrected chi connectivity index (χ2v) is 6.84. The summed E-state index contributed by atoms with van der Waals surface area (Å²) in [5.41, 5.74) is -0.286. The molecule has 1 heterocycles. The molecule has 0 saturated carbocycles. The van der Waals surface area contributed by atoms with Crippen molar-refractivity contribution in [1.29, 1.82) is 0 Å². The summed E-state index contributed by atoms with van der Waals surface area (Å²) in [4.78, 5) is 60.8. The molecule has 11 heteroatoms. The summed E-state index contributed by atoms with van der Waals surface area (Å²) in [5, 5.41) is 23.8. The van der Waals surface area contributed by atoms with Crippen molar-refractivity contribution < 1.29 is 33.9 Å². The predicted octanol–water partition coefficient (Wildman–Crippen LogP) is 0.972. The topological polar surface area (TPSA) is 156 Å². The highest BCUT2D eigenvalue weighted by Crippen LogP contribution is 2.26. The van der Waals surface area contributed by atoms with Gasteiger partial charge in [-0.3, -0.25) is 29.4 Å².